The number of β-amino-alcohol motifs (C(OH)–C–C–N with tert-alkyl or cyclic N) is 1. The van der Waals surface area contributed by atoms with Crippen LogP contribution in [0.25, 0.3) is 32.9 Å². The molecule has 2 fully saturated rings. The molecule has 5 heterocycles. The molecule has 2 N–H and O–H groups in total. The minimum absolute atomic E-state index is 0.00857. The molecule has 12 heteroatoms. The van der Waals surface area contributed by atoms with Crippen molar-refractivity contribution in [3.63, 3.8) is 0 Å². The van der Waals surface area contributed by atoms with Crippen LogP contribution in [0.3, 0.4) is 0 Å². The number of nitrogens with zero attached hydrogens (tertiary/aromatic N) is 5. The van der Waals surface area contributed by atoms with E-state index in [1.54, 1.807) is 24.9 Å². The molecular weight excluding hydrogens is 599 g/mol. The highest BCUT2D eigenvalue weighted by Crippen LogP contribution is 2.42. The van der Waals surface area contributed by atoms with Crippen molar-refractivity contribution in [1.29, 1.82) is 0 Å². The topological polar surface area (TPSA) is 104 Å². The van der Waals surface area contributed by atoms with E-state index in [4.69, 9.17) is 9.47 Å². The highest BCUT2D eigenvalue weighted by Gasteiger charge is 2.49. The maximum Gasteiger partial charge on any atom is 0.319 e. The van der Waals surface area contributed by atoms with Gasteiger partial charge in [-0.1, -0.05) is 12.0 Å². The van der Waals surface area contributed by atoms with Crippen LogP contribution >= 0.6 is 0 Å². The van der Waals surface area contributed by atoms with Gasteiger partial charge in [-0.25, -0.2) is 18.2 Å². The predicted molar refractivity (Wildman–Crippen MR) is 166 cm³/mol. The lowest BCUT2D eigenvalue weighted by Crippen LogP contribution is -2.43. The van der Waals surface area contributed by atoms with Crippen molar-refractivity contribution in [2.75, 3.05) is 37.7 Å². The second-order valence-corrected chi connectivity index (χ2v) is 12.5. The van der Waals surface area contributed by atoms with Gasteiger partial charge >= 0.3 is 6.01 Å². The van der Waals surface area contributed by atoms with Gasteiger partial charge in [0.15, 0.2) is 11.6 Å². The molecule has 7 rings (SSSR count). The van der Waals surface area contributed by atoms with Gasteiger partial charge in [-0.2, -0.15) is 9.97 Å². The van der Waals surface area contributed by atoms with Crippen LogP contribution in [0.2, 0.25) is 0 Å². The van der Waals surface area contributed by atoms with E-state index < -0.39 is 28.9 Å². The summed E-state index contributed by atoms with van der Waals surface area (Å²) in [6.45, 7) is 4.44. The van der Waals surface area contributed by atoms with Gasteiger partial charge in [0.25, 0.3) is 0 Å². The van der Waals surface area contributed by atoms with Crippen LogP contribution in [-0.4, -0.2) is 80.2 Å². The summed E-state index contributed by atoms with van der Waals surface area (Å²) >= 11 is 0. The van der Waals surface area contributed by atoms with Gasteiger partial charge in [-0.05, 0) is 74.2 Å². The molecule has 46 heavy (non-hydrogen) atoms. The van der Waals surface area contributed by atoms with Crippen molar-refractivity contribution in [2.45, 2.75) is 50.4 Å². The van der Waals surface area contributed by atoms with Crippen molar-refractivity contribution in [2.24, 2.45) is 0 Å². The van der Waals surface area contributed by atoms with E-state index in [9.17, 15) is 19.0 Å². The second-order valence-electron chi connectivity index (χ2n) is 12.5. The number of ether oxygens (including phenoxy) is 2. The summed E-state index contributed by atoms with van der Waals surface area (Å²) in [5.74, 6) is 4.34. The smallest absolute Gasteiger partial charge is 0.319 e. The Kier molecular flexibility index (Phi) is 7.41. The van der Waals surface area contributed by atoms with Gasteiger partial charge in [0.1, 0.15) is 53.5 Å². The molecule has 4 aromatic rings. The average Bonchev–Trinajstić information content (AvgIpc) is 3.47. The summed E-state index contributed by atoms with van der Waals surface area (Å²) in [7, 11) is 0. The Bertz CT molecular complexity index is 1960. The lowest BCUT2D eigenvalue weighted by molar-refractivity contribution is 0.00798. The molecule has 3 atom stereocenters. The van der Waals surface area contributed by atoms with Crippen LogP contribution in [0.1, 0.15) is 38.8 Å². The fourth-order valence-electron chi connectivity index (χ4n) is 6.91. The maximum atomic E-state index is 16.9. The molecule has 0 spiro atoms. The average molecular weight is 632 g/mol. The molecule has 0 bridgehead atoms. The van der Waals surface area contributed by atoms with Crippen LogP contribution in [-0.2, 0) is 4.74 Å². The second kappa shape index (κ2) is 11.3. The van der Waals surface area contributed by atoms with E-state index in [-0.39, 0.29) is 65.2 Å². The van der Waals surface area contributed by atoms with Gasteiger partial charge in [0.05, 0.1) is 23.7 Å². The molecule has 3 aliphatic heterocycles. The van der Waals surface area contributed by atoms with Gasteiger partial charge in [0.2, 0.25) is 0 Å². The predicted octanol–water partition coefficient (Wildman–Crippen LogP) is 5.21. The van der Waals surface area contributed by atoms with Crippen molar-refractivity contribution in [1.82, 2.24) is 19.9 Å². The number of hydrogen-bond donors (Lipinski definition) is 2. The number of aromatic nitrogens is 3. The summed E-state index contributed by atoms with van der Waals surface area (Å²) in [5.41, 5.74) is -1.93. The van der Waals surface area contributed by atoms with Crippen LogP contribution in [0.4, 0.5) is 19.0 Å². The third-order valence-corrected chi connectivity index (χ3v) is 8.89. The summed E-state index contributed by atoms with van der Waals surface area (Å²) in [4.78, 5) is 17.5. The van der Waals surface area contributed by atoms with Crippen molar-refractivity contribution in [3.05, 3.63) is 60.1 Å². The van der Waals surface area contributed by atoms with Crippen LogP contribution in [0.15, 0.2) is 42.8 Å². The number of alkyl halides is 1. The lowest BCUT2D eigenvalue weighted by Gasteiger charge is -2.31. The van der Waals surface area contributed by atoms with Crippen molar-refractivity contribution in [3.8, 4) is 34.9 Å². The normalized spacial score (nSPS) is 24.5. The minimum Gasteiger partial charge on any atom is -0.508 e. The zero-order valence-electron chi connectivity index (χ0n) is 25.4. The Morgan fingerprint density at radius 1 is 1.17 bits per heavy atom. The number of aliphatic hydroxyl groups is 1. The summed E-state index contributed by atoms with van der Waals surface area (Å²) in [5, 5.41) is 22.5. The molecule has 238 valence electrons. The largest absolute Gasteiger partial charge is 0.508 e. The molecule has 0 amide bonds. The van der Waals surface area contributed by atoms with E-state index in [0.29, 0.717) is 23.7 Å². The Balaban J connectivity index is 1.45. The summed E-state index contributed by atoms with van der Waals surface area (Å²) in [6, 6.07) is 6.60. The van der Waals surface area contributed by atoms with Gasteiger partial charge in [-0.3, -0.25) is 4.90 Å². The molecule has 0 saturated carbocycles. The third-order valence-electron chi connectivity index (χ3n) is 8.89. The molecule has 2 saturated heterocycles. The number of phenols is 1. The van der Waals surface area contributed by atoms with E-state index in [0.717, 1.165) is 19.4 Å². The van der Waals surface area contributed by atoms with E-state index in [1.165, 1.54) is 36.6 Å². The molecule has 9 nitrogen and oxygen atoms in total. The molecule has 0 radical (unpaired) electrons. The molecule has 3 aliphatic rings. The number of rotatable bonds is 5. The number of phenolic OH excluding ortho intramolecular Hbond substituents is 1. The molecule has 0 aliphatic carbocycles. The SMILES string of the molecule is CC#Cc1nc(-c2cc(O)cc3ccc(F)cc23)c(F)c2nc(OC[C@@]34CCCN3C[C@H](F)C4)nc(N3C=COCC(C)(O)C3)c12. The van der Waals surface area contributed by atoms with Crippen LogP contribution in [0, 0.1) is 23.5 Å². The number of pyridine rings is 1. The Morgan fingerprint density at radius 2 is 2.02 bits per heavy atom. The minimum atomic E-state index is -1.31. The first-order valence-corrected chi connectivity index (χ1v) is 15.1. The molecular formula is C34H32F3N5O4. The first-order valence-electron chi connectivity index (χ1n) is 15.1. The quantitative estimate of drug-likeness (QED) is 0.287. The van der Waals surface area contributed by atoms with E-state index in [2.05, 4.69) is 31.7 Å². The number of anilines is 1. The highest BCUT2D eigenvalue weighted by atomic mass is 19.1. The first kappa shape index (κ1) is 30.1. The van der Waals surface area contributed by atoms with Gasteiger partial charge in [0, 0.05) is 24.7 Å². The fraction of sp³-hybridized carbons (Fsp3) is 0.382. The molecule has 2 aromatic heterocycles. The first-order chi connectivity index (χ1) is 22.1. The number of aromatic hydroxyl groups is 1. The number of hydrogen-bond acceptors (Lipinski definition) is 9. The zero-order valence-corrected chi connectivity index (χ0v) is 25.4. The fourth-order valence-corrected chi connectivity index (χ4v) is 6.91. The van der Waals surface area contributed by atoms with Gasteiger partial charge < -0.3 is 24.6 Å². The number of halogens is 3. The highest BCUT2D eigenvalue weighted by molar-refractivity contribution is 6.01. The van der Waals surface area contributed by atoms with Gasteiger partial charge in [-0.15, -0.1) is 0 Å². The van der Waals surface area contributed by atoms with Crippen molar-refractivity contribution >= 4 is 27.5 Å². The maximum absolute atomic E-state index is 16.9. The van der Waals surface area contributed by atoms with Crippen LogP contribution < -0.4 is 9.64 Å². The number of fused-ring (bicyclic) bond motifs is 3. The third kappa shape index (κ3) is 5.33. The summed E-state index contributed by atoms with van der Waals surface area (Å²) in [6.07, 6.45) is 3.99. The standard InChI is InChI=1S/C34H32F3N5O4/c1-3-5-26-27-30(28(37)29(38-26)25-14-23(43)12-20-6-7-21(35)13-24(20)25)39-32(40-31(27)41-10-11-45-18-33(2,44)17-41)46-19-34-8-4-9-42(34)16-22(36)15-34/h6-7,10-14,22,43-44H,4,8-9,15-19H2,1-2H3/t22-,33?,34+/m1/s1. The van der Waals surface area contributed by atoms with E-state index >= 15 is 4.39 Å². The van der Waals surface area contributed by atoms with Crippen LogP contribution in [0.5, 0.6) is 11.8 Å². The number of benzene rings is 2. The molecule has 1 unspecified atom stereocenters. The Labute approximate surface area is 263 Å². The Morgan fingerprint density at radius 3 is 2.85 bits per heavy atom. The Hall–Kier alpha value is -4.60. The summed E-state index contributed by atoms with van der Waals surface area (Å²) < 4.78 is 57.5. The van der Waals surface area contributed by atoms with E-state index in [1.807, 2.05) is 0 Å². The molecule has 2 aromatic carbocycles. The zero-order chi connectivity index (χ0) is 32.2. The monoisotopic (exact) mass is 631 g/mol. The lowest BCUT2D eigenvalue weighted by atomic mass is 9.95. The van der Waals surface area contributed by atoms with Crippen molar-refractivity contribution < 1.29 is 32.9 Å².